The molecule has 0 amide bonds. The summed E-state index contributed by atoms with van der Waals surface area (Å²) in [6.45, 7) is 2.91. The summed E-state index contributed by atoms with van der Waals surface area (Å²) in [5.41, 5.74) is 8.39. The summed E-state index contributed by atoms with van der Waals surface area (Å²) in [6.07, 6.45) is 0. The predicted octanol–water partition coefficient (Wildman–Crippen LogP) is 1.84. The van der Waals surface area contributed by atoms with Crippen molar-refractivity contribution in [2.24, 2.45) is 5.73 Å². The first-order valence-electron chi connectivity index (χ1n) is 5.17. The molecule has 0 aliphatic carbocycles. The average Bonchev–Trinajstić information content (AvgIpc) is 2.59. The van der Waals surface area contributed by atoms with Crippen molar-refractivity contribution in [3.63, 3.8) is 0 Å². The summed E-state index contributed by atoms with van der Waals surface area (Å²) in [5, 5.41) is 4.32. The van der Waals surface area contributed by atoms with Gasteiger partial charge in [0.05, 0.1) is 17.9 Å². The van der Waals surface area contributed by atoms with E-state index in [4.69, 9.17) is 5.73 Å². The van der Waals surface area contributed by atoms with Crippen molar-refractivity contribution in [3.05, 3.63) is 53.1 Å². The molecular weight excluding hydrogens is 205 g/mol. The molecule has 0 fully saturated rings. The van der Waals surface area contributed by atoms with Crippen LogP contribution < -0.4 is 5.73 Å². The van der Waals surface area contributed by atoms with E-state index in [0.29, 0.717) is 13.1 Å². The third-order valence-electron chi connectivity index (χ3n) is 2.42. The Morgan fingerprint density at radius 2 is 2.19 bits per heavy atom. The second-order valence-electron chi connectivity index (χ2n) is 3.77. The lowest BCUT2D eigenvalue weighted by atomic mass is 10.2. The van der Waals surface area contributed by atoms with Crippen molar-refractivity contribution in [2.45, 2.75) is 20.0 Å². The van der Waals surface area contributed by atoms with Crippen LogP contribution in [0.5, 0.6) is 0 Å². The van der Waals surface area contributed by atoms with E-state index in [0.717, 1.165) is 17.0 Å². The molecule has 1 heterocycles. The Kier molecular flexibility index (Phi) is 3.01. The summed E-state index contributed by atoms with van der Waals surface area (Å²) in [5.74, 6) is -0.226. The average molecular weight is 219 g/mol. The summed E-state index contributed by atoms with van der Waals surface area (Å²) in [6, 6.07) is 8.46. The van der Waals surface area contributed by atoms with Crippen LogP contribution in [0.3, 0.4) is 0 Å². The molecule has 4 heteroatoms. The van der Waals surface area contributed by atoms with Gasteiger partial charge < -0.3 is 5.73 Å². The Labute approximate surface area is 93.7 Å². The number of aryl methyl sites for hydroxylation is 1. The predicted molar refractivity (Wildman–Crippen MR) is 60.4 cm³/mol. The quantitative estimate of drug-likeness (QED) is 0.856. The van der Waals surface area contributed by atoms with Crippen molar-refractivity contribution < 1.29 is 4.39 Å². The van der Waals surface area contributed by atoms with Crippen LogP contribution in [0.15, 0.2) is 30.3 Å². The highest BCUT2D eigenvalue weighted by molar-refractivity contribution is 5.18. The maximum absolute atomic E-state index is 13.0. The van der Waals surface area contributed by atoms with E-state index >= 15 is 0 Å². The van der Waals surface area contributed by atoms with Crippen LogP contribution in [-0.2, 0) is 13.1 Å². The first-order valence-corrected chi connectivity index (χ1v) is 5.17. The lowest BCUT2D eigenvalue weighted by Gasteiger charge is -2.05. The van der Waals surface area contributed by atoms with Gasteiger partial charge in [-0.05, 0) is 30.7 Å². The van der Waals surface area contributed by atoms with Gasteiger partial charge in [-0.1, -0.05) is 12.1 Å². The van der Waals surface area contributed by atoms with Crippen LogP contribution >= 0.6 is 0 Å². The molecule has 16 heavy (non-hydrogen) atoms. The third kappa shape index (κ3) is 2.28. The summed E-state index contributed by atoms with van der Waals surface area (Å²) in [4.78, 5) is 0. The van der Waals surface area contributed by atoms with Crippen LogP contribution in [0.4, 0.5) is 4.39 Å². The Bertz CT molecular complexity index is 491. The van der Waals surface area contributed by atoms with Gasteiger partial charge in [0.25, 0.3) is 0 Å². The molecular formula is C12H14FN3. The zero-order valence-electron chi connectivity index (χ0n) is 9.15. The minimum Gasteiger partial charge on any atom is -0.325 e. The smallest absolute Gasteiger partial charge is 0.123 e. The lowest BCUT2D eigenvalue weighted by molar-refractivity contribution is 0.611. The van der Waals surface area contributed by atoms with Crippen molar-refractivity contribution >= 4 is 0 Å². The van der Waals surface area contributed by atoms with Gasteiger partial charge in [0.15, 0.2) is 0 Å². The molecule has 84 valence electrons. The van der Waals surface area contributed by atoms with Crippen LogP contribution in [0.2, 0.25) is 0 Å². The fourth-order valence-corrected chi connectivity index (χ4v) is 1.71. The molecule has 0 aliphatic heterocycles. The van der Waals surface area contributed by atoms with E-state index < -0.39 is 0 Å². The van der Waals surface area contributed by atoms with Crippen LogP contribution in [0.25, 0.3) is 0 Å². The normalized spacial score (nSPS) is 10.7. The number of aromatic nitrogens is 2. The maximum Gasteiger partial charge on any atom is 0.123 e. The number of hydrogen-bond donors (Lipinski definition) is 1. The summed E-state index contributed by atoms with van der Waals surface area (Å²) in [7, 11) is 0. The molecule has 3 nitrogen and oxygen atoms in total. The van der Waals surface area contributed by atoms with E-state index in [2.05, 4.69) is 5.10 Å². The largest absolute Gasteiger partial charge is 0.325 e. The molecule has 0 bridgehead atoms. The van der Waals surface area contributed by atoms with Crippen molar-refractivity contribution in [1.82, 2.24) is 9.78 Å². The monoisotopic (exact) mass is 219 g/mol. The molecule has 0 aliphatic rings. The van der Waals surface area contributed by atoms with Crippen molar-refractivity contribution in [2.75, 3.05) is 0 Å². The van der Waals surface area contributed by atoms with Crippen LogP contribution in [-0.4, -0.2) is 9.78 Å². The Morgan fingerprint density at radius 1 is 1.38 bits per heavy atom. The van der Waals surface area contributed by atoms with Gasteiger partial charge in [0.1, 0.15) is 5.82 Å². The van der Waals surface area contributed by atoms with Gasteiger partial charge in [-0.15, -0.1) is 0 Å². The number of nitrogens with two attached hydrogens (primary N) is 1. The Balaban J connectivity index is 2.26. The van der Waals surface area contributed by atoms with E-state index in [-0.39, 0.29) is 5.82 Å². The molecule has 0 atom stereocenters. The highest BCUT2D eigenvalue weighted by Gasteiger charge is 2.04. The molecule has 0 spiro atoms. The summed E-state index contributed by atoms with van der Waals surface area (Å²) < 4.78 is 14.8. The number of hydrogen-bond acceptors (Lipinski definition) is 2. The Hall–Kier alpha value is -1.68. The van der Waals surface area contributed by atoms with Gasteiger partial charge in [-0.25, -0.2) is 4.39 Å². The number of halogens is 1. The topological polar surface area (TPSA) is 43.8 Å². The maximum atomic E-state index is 13.0. The first-order chi connectivity index (χ1) is 7.69. The zero-order valence-corrected chi connectivity index (χ0v) is 9.15. The first kappa shape index (κ1) is 10.8. The molecule has 0 radical (unpaired) electrons. The molecule has 1 aromatic carbocycles. The lowest BCUT2D eigenvalue weighted by Crippen LogP contribution is -2.09. The number of nitrogens with zero attached hydrogens (tertiary/aromatic N) is 2. The van der Waals surface area contributed by atoms with E-state index in [9.17, 15) is 4.39 Å². The second kappa shape index (κ2) is 4.45. The van der Waals surface area contributed by atoms with E-state index in [1.54, 1.807) is 6.07 Å². The second-order valence-corrected chi connectivity index (χ2v) is 3.77. The molecule has 2 aromatic rings. The summed E-state index contributed by atoms with van der Waals surface area (Å²) >= 11 is 0. The minimum atomic E-state index is -0.226. The van der Waals surface area contributed by atoms with Gasteiger partial charge in [-0.2, -0.15) is 5.10 Å². The molecule has 0 unspecified atom stereocenters. The van der Waals surface area contributed by atoms with Gasteiger partial charge >= 0.3 is 0 Å². The fourth-order valence-electron chi connectivity index (χ4n) is 1.71. The number of benzene rings is 1. The highest BCUT2D eigenvalue weighted by atomic mass is 19.1. The van der Waals surface area contributed by atoms with Gasteiger partial charge in [-0.3, -0.25) is 4.68 Å². The molecule has 1 aromatic heterocycles. The SMILES string of the molecule is Cc1cc(CN)n(Cc2cccc(F)c2)n1. The standard InChI is InChI=1S/C12H14FN3/c1-9-5-12(7-14)16(15-9)8-10-3-2-4-11(13)6-10/h2-6H,7-8,14H2,1H3. The third-order valence-corrected chi connectivity index (χ3v) is 2.42. The molecule has 0 saturated carbocycles. The van der Waals surface area contributed by atoms with E-state index in [1.807, 2.05) is 23.7 Å². The Morgan fingerprint density at radius 3 is 2.88 bits per heavy atom. The zero-order chi connectivity index (χ0) is 11.5. The van der Waals surface area contributed by atoms with Crippen molar-refractivity contribution in [3.8, 4) is 0 Å². The number of rotatable bonds is 3. The molecule has 0 saturated heterocycles. The van der Waals surface area contributed by atoms with Gasteiger partial charge in [0.2, 0.25) is 0 Å². The molecule has 2 N–H and O–H groups in total. The van der Waals surface area contributed by atoms with E-state index in [1.165, 1.54) is 12.1 Å². The highest BCUT2D eigenvalue weighted by Crippen LogP contribution is 2.09. The van der Waals surface area contributed by atoms with Crippen molar-refractivity contribution in [1.29, 1.82) is 0 Å². The fraction of sp³-hybridized carbons (Fsp3) is 0.250. The minimum absolute atomic E-state index is 0.226. The molecule has 2 rings (SSSR count). The van der Waals surface area contributed by atoms with Gasteiger partial charge in [0, 0.05) is 6.54 Å². The van der Waals surface area contributed by atoms with Crippen LogP contribution in [0, 0.1) is 12.7 Å². The van der Waals surface area contributed by atoms with Crippen LogP contribution in [0.1, 0.15) is 17.0 Å².